The maximum absolute atomic E-state index is 12.4. The minimum atomic E-state index is -4.27. The molecule has 0 aromatic carbocycles. The first kappa shape index (κ1) is 38.3. The molecule has 10 heteroatoms. The average molecular weight is 581 g/mol. The molecule has 0 fully saturated rings. The maximum atomic E-state index is 12.4. The third kappa shape index (κ3) is 27.2. The molecule has 234 valence electrons. The Hall–Kier alpha value is -0.700. The summed E-state index contributed by atoms with van der Waals surface area (Å²) in [5, 5.41) is 2.69. The van der Waals surface area contributed by atoms with Gasteiger partial charge in [-0.3, -0.25) is 9.05 Å². The lowest BCUT2D eigenvalue weighted by Gasteiger charge is -2.25. The lowest BCUT2D eigenvalue weighted by atomic mass is 10.0. The highest BCUT2D eigenvalue weighted by Gasteiger charge is 2.28. The number of carbonyl (C=O) groups excluding carboxylic acids is 1. The van der Waals surface area contributed by atoms with Crippen molar-refractivity contribution >= 4 is 13.9 Å². The maximum Gasteiger partial charge on any atom is 0.472 e. The third-order valence-electron chi connectivity index (χ3n) is 6.63. The van der Waals surface area contributed by atoms with Crippen LogP contribution in [0.5, 0.6) is 0 Å². The Labute approximate surface area is 240 Å². The Morgan fingerprint density at radius 3 is 1.72 bits per heavy atom. The Balaban J connectivity index is 3.96. The molecule has 9 nitrogen and oxygen atoms in total. The molecule has 0 heterocycles. The summed E-state index contributed by atoms with van der Waals surface area (Å²) in [6.07, 6.45) is 20.3. The number of urea groups is 1. The summed E-state index contributed by atoms with van der Waals surface area (Å²) in [6.45, 7) is 3.64. The van der Waals surface area contributed by atoms with E-state index in [9.17, 15) is 14.3 Å². The van der Waals surface area contributed by atoms with Crippen molar-refractivity contribution in [2.75, 3.05) is 68.1 Å². The standard InChI is InChI=1S/C29H62N3O6P/c1-7-8-9-10-11-12-13-14-15-16-17-18-19-20-21-22-24-36-27-28(26-30-29(33)31(2)3)38-39(34,35)37-25-23-32(4,5)6/h28H,7-27H2,1-6H3,(H-,30,33,34,35)/p+1. The van der Waals surface area contributed by atoms with Crippen molar-refractivity contribution in [3.63, 3.8) is 0 Å². The fraction of sp³-hybridized carbons (Fsp3) is 0.966. The number of nitrogens with zero attached hydrogens (tertiary/aromatic N) is 2. The number of ether oxygens (including phenoxy) is 1. The van der Waals surface area contributed by atoms with Crippen LogP contribution in [-0.2, 0) is 18.3 Å². The molecule has 0 saturated carbocycles. The minimum absolute atomic E-state index is 0.0548. The molecule has 39 heavy (non-hydrogen) atoms. The molecule has 0 aliphatic rings. The Morgan fingerprint density at radius 2 is 1.28 bits per heavy atom. The first-order valence-corrected chi connectivity index (χ1v) is 17.0. The van der Waals surface area contributed by atoms with E-state index in [1.54, 1.807) is 14.1 Å². The van der Waals surface area contributed by atoms with Crippen molar-refractivity contribution in [3.05, 3.63) is 0 Å². The zero-order valence-electron chi connectivity index (χ0n) is 26.3. The Bertz CT molecular complexity index is 631. The highest BCUT2D eigenvalue weighted by molar-refractivity contribution is 7.47. The van der Waals surface area contributed by atoms with Crippen LogP contribution in [0.25, 0.3) is 0 Å². The summed E-state index contributed by atoms with van der Waals surface area (Å²) in [7, 11) is 4.90. The third-order valence-corrected chi connectivity index (χ3v) is 7.71. The van der Waals surface area contributed by atoms with Crippen LogP contribution in [0.4, 0.5) is 4.79 Å². The van der Waals surface area contributed by atoms with Crippen molar-refractivity contribution in [3.8, 4) is 0 Å². The number of hydrogen-bond acceptors (Lipinski definition) is 5. The number of carbonyl (C=O) groups is 1. The second-order valence-corrected chi connectivity index (χ2v) is 13.4. The van der Waals surface area contributed by atoms with Gasteiger partial charge in [0, 0.05) is 27.2 Å². The molecular formula is C29H63N3O6P+. The summed E-state index contributed by atoms with van der Waals surface area (Å²) in [6, 6.07) is -0.305. The van der Waals surface area contributed by atoms with Gasteiger partial charge in [-0.2, -0.15) is 0 Å². The van der Waals surface area contributed by atoms with Gasteiger partial charge in [0.25, 0.3) is 0 Å². The fourth-order valence-corrected chi connectivity index (χ4v) is 4.99. The molecule has 0 aromatic heterocycles. The summed E-state index contributed by atoms with van der Waals surface area (Å²) in [5.41, 5.74) is 0. The summed E-state index contributed by atoms with van der Waals surface area (Å²) >= 11 is 0. The van der Waals surface area contributed by atoms with Gasteiger partial charge in [0.1, 0.15) is 19.3 Å². The lowest BCUT2D eigenvalue weighted by Crippen LogP contribution is -2.41. The number of hydrogen-bond donors (Lipinski definition) is 2. The molecule has 0 aliphatic carbocycles. The van der Waals surface area contributed by atoms with Gasteiger partial charge >= 0.3 is 13.9 Å². The molecule has 2 N–H and O–H groups in total. The number of nitrogens with one attached hydrogen (secondary N) is 1. The summed E-state index contributed by atoms with van der Waals surface area (Å²) < 4.78 is 29.2. The Morgan fingerprint density at radius 1 is 0.821 bits per heavy atom. The van der Waals surface area contributed by atoms with Gasteiger partial charge in [-0.25, -0.2) is 9.36 Å². The molecule has 2 amide bonds. The van der Waals surface area contributed by atoms with Crippen molar-refractivity contribution in [2.24, 2.45) is 0 Å². The molecule has 0 aromatic rings. The van der Waals surface area contributed by atoms with Gasteiger partial charge in [0.05, 0.1) is 27.7 Å². The van der Waals surface area contributed by atoms with Crippen LogP contribution in [0.2, 0.25) is 0 Å². The summed E-state index contributed by atoms with van der Waals surface area (Å²) in [5.74, 6) is 0. The number of quaternary nitrogens is 1. The van der Waals surface area contributed by atoms with Gasteiger partial charge in [-0.1, -0.05) is 103 Å². The van der Waals surface area contributed by atoms with Crippen LogP contribution in [0.15, 0.2) is 0 Å². The summed E-state index contributed by atoms with van der Waals surface area (Å²) in [4.78, 5) is 23.4. The average Bonchev–Trinajstić information content (AvgIpc) is 2.84. The zero-order valence-corrected chi connectivity index (χ0v) is 27.2. The molecule has 0 bridgehead atoms. The van der Waals surface area contributed by atoms with Crippen molar-refractivity contribution < 1.29 is 32.5 Å². The number of phosphoric acid groups is 1. The second-order valence-electron chi connectivity index (χ2n) is 12.0. The highest BCUT2D eigenvalue weighted by atomic mass is 31.2. The van der Waals surface area contributed by atoms with Gasteiger partial charge in [0.2, 0.25) is 0 Å². The first-order chi connectivity index (χ1) is 18.5. The topological polar surface area (TPSA) is 97.3 Å². The number of phosphoric ester groups is 1. The number of rotatable bonds is 27. The molecule has 0 spiro atoms. The van der Waals surface area contributed by atoms with Crippen LogP contribution >= 0.6 is 7.82 Å². The fourth-order valence-electron chi connectivity index (χ4n) is 4.10. The van der Waals surface area contributed by atoms with E-state index in [-0.39, 0.29) is 25.8 Å². The van der Waals surface area contributed by atoms with Crippen molar-refractivity contribution in [1.29, 1.82) is 0 Å². The van der Waals surface area contributed by atoms with Crippen LogP contribution in [-0.4, -0.2) is 94.6 Å². The smallest absolute Gasteiger partial charge is 0.379 e. The van der Waals surface area contributed by atoms with E-state index >= 15 is 0 Å². The SMILES string of the molecule is CCCCCCCCCCCCCCCCCCOCC(CNC(=O)N(C)C)OP(=O)(O)OCC[N+](C)(C)C. The first-order valence-electron chi connectivity index (χ1n) is 15.5. The van der Waals surface area contributed by atoms with E-state index in [0.29, 0.717) is 17.6 Å². The normalized spacial score (nSPS) is 14.2. The van der Waals surface area contributed by atoms with E-state index in [4.69, 9.17) is 13.8 Å². The number of likely N-dealkylation sites (N-methyl/N-ethyl adjacent to an activating group) is 1. The van der Waals surface area contributed by atoms with Gasteiger partial charge in [-0.15, -0.1) is 0 Å². The van der Waals surface area contributed by atoms with E-state index in [0.717, 1.165) is 12.8 Å². The largest absolute Gasteiger partial charge is 0.472 e. The molecule has 0 rings (SSSR count). The predicted molar refractivity (Wildman–Crippen MR) is 161 cm³/mol. The van der Waals surface area contributed by atoms with E-state index in [1.165, 1.54) is 94.8 Å². The monoisotopic (exact) mass is 580 g/mol. The molecule has 0 radical (unpaired) electrons. The highest BCUT2D eigenvalue weighted by Crippen LogP contribution is 2.44. The van der Waals surface area contributed by atoms with Crippen molar-refractivity contribution in [2.45, 2.75) is 116 Å². The molecule has 0 aliphatic heterocycles. The van der Waals surface area contributed by atoms with Crippen LogP contribution in [0.1, 0.15) is 110 Å². The molecule has 2 atom stereocenters. The number of amides is 2. The second kappa shape index (κ2) is 24.0. The van der Waals surface area contributed by atoms with E-state index < -0.39 is 13.9 Å². The van der Waals surface area contributed by atoms with Crippen LogP contribution in [0.3, 0.4) is 0 Å². The lowest BCUT2D eigenvalue weighted by molar-refractivity contribution is -0.870. The van der Waals surface area contributed by atoms with Gasteiger partial charge in [0.15, 0.2) is 0 Å². The van der Waals surface area contributed by atoms with Gasteiger partial charge in [-0.05, 0) is 6.42 Å². The van der Waals surface area contributed by atoms with E-state index in [2.05, 4.69) is 12.2 Å². The minimum Gasteiger partial charge on any atom is -0.379 e. The van der Waals surface area contributed by atoms with E-state index in [1.807, 2.05) is 21.1 Å². The van der Waals surface area contributed by atoms with Gasteiger partial charge < -0.3 is 24.3 Å². The van der Waals surface area contributed by atoms with Crippen molar-refractivity contribution in [1.82, 2.24) is 10.2 Å². The quantitative estimate of drug-likeness (QED) is 0.0634. The van der Waals surface area contributed by atoms with Crippen LogP contribution in [0, 0.1) is 0 Å². The molecule has 0 saturated heterocycles. The predicted octanol–water partition coefficient (Wildman–Crippen LogP) is 6.74. The molecule has 2 unspecified atom stereocenters. The Kier molecular flexibility index (Phi) is 23.5. The number of unbranched alkanes of at least 4 members (excludes halogenated alkanes) is 15. The zero-order chi connectivity index (χ0) is 29.4. The molecular weight excluding hydrogens is 517 g/mol. The van der Waals surface area contributed by atoms with Crippen LogP contribution < -0.4 is 5.32 Å².